The average Bonchev–Trinajstić information content (AvgIpc) is 2.66. The van der Waals surface area contributed by atoms with Gasteiger partial charge in [0.2, 0.25) is 0 Å². The second-order valence-electron chi connectivity index (χ2n) is 4.59. The molecule has 0 aliphatic rings. The summed E-state index contributed by atoms with van der Waals surface area (Å²) in [7, 11) is 0. The number of nitrogens with zero attached hydrogens (tertiary/aromatic N) is 1. The van der Waals surface area contributed by atoms with Crippen LogP contribution in [0.5, 0.6) is 0 Å². The standard InChI is InChI=1S/C15H20N2O/c1-5-17-15(13-8-11(3)18-12(13)4)14-9-16-7-6-10(14)2/h6-9,15,17H,5H2,1-4H3. The molecule has 1 unspecified atom stereocenters. The second-order valence-corrected chi connectivity index (χ2v) is 4.59. The normalized spacial score (nSPS) is 12.7. The lowest BCUT2D eigenvalue weighted by atomic mass is 9.97. The van der Waals surface area contributed by atoms with Crippen LogP contribution in [-0.2, 0) is 0 Å². The van der Waals surface area contributed by atoms with Crippen molar-refractivity contribution in [3.63, 3.8) is 0 Å². The number of nitrogens with one attached hydrogen (secondary N) is 1. The van der Waals surface area contributed by atoms with Crippen LogP contribution in [0.25, 0.3) is 0 Å². The van der Waals surface area contributed by atoms with E-state index < -0.39 is 0 Å². The van der Waals surface area contributed by atoms with Gasteiger partial charge in [-0.2, -0.15) is 0 Å². The molecule has 0 aromatic carbocycles. The van der Waals surface area contributed by atoms with Crippen LogP contribution in [-0.4, -0.2) is 11.5 Å². The van der Waals surface area contributed by atoms with Crippen molar-refractivity contribution in [2.24, 2.45) is 0 Å². The zero-order valence-electron chi connectivity index (χ0n) is 11.4. The highest BCUT2D eigenvalue weighted by atomic mass is 16.3. The maximum atomic E-state index is 5.64. The number of furan rings is 1. The smallest absolute Gasteiger partial charge is 0.106 e. The zero-order chi connectivity index (χ0) is 13.1. The summed E-state index contributed by atoms with van der Waals surface area (Å²) in [6.45, 7) is 9.13. The Bertz CT molecular complexity index is 531. The van der Waals surface area contributed by atoms with Crippen LogP contribution in [0, 0.1) is 20.8 Å². The van der Waals surface area contributed by atoms with Gasteiger partial charge in [-0.05, 0) is 50.6 Å². The molecule has 3 heteroatoms. The summed E-state index contributed by atoms with van der Waals surface area (Å²) in [5.74, 6) is 1.92. The molecule has 0 aliphatic heterocycles. The molecule has 0 bridgehead atoms. The summed E-state index contributed by atoms with van der Waals surface area (Å²) in [5.41, 5.74) is 3.66. The van der Waals surface area contributed by atoms with Crippen LogP contribution < -0.4 is 5.32 Å². The number of aromatic nitrogens is 1. The lowest BCUT2D eigenvalue weighted by Crippen LogP contribution is -2.23. The van der Waals surface area contributed by atoms with Crippen LogP contribution in [0.15, 0.2) is 28.9 Å². The van der Waals surface area contributed by atoms with Crippen molar-refractivity contribution >= 4 is 0 Å². The van der Waals surface area contributed by atoms with E-state index in [2.05, 4.69) is 30.2 Å². The monoisotopic (exact) mass is 244 g/mol. The molecule has 0 spiro atoms. The summed E-state index contributed by atoms with van der Waals surface area (Å²) in [5, 5.41) is 3.51. The van der Waals surface area contributed by atoms with Crippen molar-refractivity contribution in [1.29, 1.82) is 0 Å². The zero-order valence-corrected chi connectivity index (χ0v) is 11.4. The van der Waals surface area contributed by atoms with E-state index in [1.807, 2.05) is 32.3 Å². The van der Waals surface area contributed by atoms with Crippen molar-refractivity contribution < 1.29 is 4.42 Å². The summed E-state index contributed by atoms with van der Waals surface area (Å²) >= 11 is 0. The minimum absolute atomic E-state index is 0.154. The van der Waals surface area contributed by atoms with Gasteiger partial charge in [-0.15, -0.1) is 0 Å². The number of hydrogen-bond donors (Lipinski definition) is 1. The van der Waals surface area contributed by atoms with E-state index in [0.717, 1.165) is 18.1 Å². The van der Waals surface area contributed by atoms with E-state index in [1.54, 1.807) is 0 Å². The third-order valence-corrected chi connectivity index (χ3v) is 3.19. The van der Waals surface area contributed by atoms with Crippen LogP contribution in [0.3, 0.4) is 0 Å². The van der Waals surface area contributed by atoms with Gasteiger partial charge in [0.05, 0.1) is 6.04 Å². The van der Waals surface area contributed by atoms with E-state index in [1.165, 1.54) is 16.7 Å². The van der Waals surface area contributed by atoms with Gasteiger partial charge >= 0.3 is 0 Å². The second kappa shape index (κ2) is 5.36. The molecule has 96 valence electrons. The van der Waals surface area contributed by atoms with Crippen LogP contribution >= 0.6 is 0 Å². The Labute approximate surface area is 108 Å². The molecule has 2 heterocycles. The van der Waals surface area contributed by atoms with E-state index in [4.69, 9.17) is 4.42 Å². The third-order valence-electron chi connectivity index (χ3n) is 3.19. The highest BCUT2D eigenvalue weighted by Crippen LogP contribution is 2.28. The highest BCUT2D eigenvalue weighted by Gasteiger charge is 2.19. The average molecular weight is 244 g/mol. The summed E-state index contributed by atoms with van der Waals surface area (Å²) in [6.07, 6.45) is 3.76. The Morgan fingerprint density at radius 2 is 2.06 bits per heavy atom. The fourth-order valence-corrected chi connectivity index (χ4v) is 2.31. The maximum Gasteiger partial charge on any atom is 0.106 e. The Morgan fingerprint density at radius 1 is 1.28 bits per heavy atom. The summed E-state index contributed by atoms with van der Waals surface area (Å²) in [6, 6.07) is 4.30. The molecule has 0 aliphatic carbocycles. The molecule has 0 radical (unpaired) electrons. The van der Waals surface area contributed by atoms with E-state index in [9.17, 15) is 0 Å². The molecular weight excluding hydrogens is 224 g/mol. The third kappa shape index (κ3) is 2.46. The van der Waals surface area contributed by atoms with Crippen LogP contribution in [0.2, 0.25) is 0 Å². The fourth-order valence-electron chi connectivity index (χ4n) is 2.31. The molecular formula is C15H20N2O. The fraction of sp³-hybridized carbons (Fsp3) is 0.400. The number of hydrogen-bond acceptors (Lipinski definition) is 3. The molecule has 1 N–H and O–H groups in total. The first-order valence-corrected chi connectivity index (χ1v) is 6.34. The van der Waals surface area contributed by atoms with E-state index in [0.29, 0.717) is 0 Å². The Morgan fingerprint density at radius 3 is 2.61 bits per heavy atom. The molecule has 0 saturated heterocycles. The lowest BCUT2D eigenvalue weighted by Gasteiger charge is -2.19. The predicted octanol–water partition coefficient (Wildman–Crippen LogP) is 3.30. The quantitative estimate of drug-likeness (QED) is 0.896. The van der Waals surface area contributed by atoms with Gasteiger partial charge in [-0.3, -0.25) is 4.98 Å². The van der Waals surface area contributed by atoms with Crippen molar-refractivity contribution in [3.05, 3.63) is 52.7 Å². The molecule has 2 rings (SSSR count). The van der Waals surface area contributed by atoms with Gasteiger partial charge in [0.25, 0.3) is 0 Å². The molecule has 0 fully saturated rings. The van der Waals surface area contributed by atoms with Gasteiger partial charge in [-0.1, -0.05) is 6.92 Å². The topological polar surface area (TPSA) is 38.1 Å². The van der Waals surface area contributed by atoms with Crippen molar-refractivity contribution in [2.45, 2.75) is 33.7 Å². The maximum absolute atomic E-state index is 5.64. The number of pyridine rings is 1. The van der Waals surface area contributed by atoms with Gasteiger partial charge in [0, 0.05) is 18.0 Å². The van der Waals surface area contributed by atoms with E-state index in [-0.39, 0.29) is 6.04 Å². The Balaban J connectivity index is 2.46. The minimum atomic E-state index is 0.154. The molecule has 2 aromatic rings. The first kappa shape index (κ1) is 12.8. The molecule has 1 atom stereocenters. The van der Waals surface area contributed by atoms with E-state index >= 15 is 0 Å². The van der Waals surface area contributed by atoms with Crippen LogP contribution in [0.4, 0.5) is 0 Å². The first-order chi connectivity index (χ1) is 8.63. The number of rotatable bonds is 4. The molecule has 0 saturated carbocycles. The molecule has 18 heavy (non-hydrogen) atoms. The molecule has 3 nitrogen and oxygen atoms in total. The van der Waals surface area contributed by atoms with Gasteiger partial charge in [0.1, 0.15) is 11.5 Å². The van der Waals surface area contributed by atoms with Gasteiger partial charge < -0.3 is 9.73 Å². The lowest BCUT2D eigenvalue weighted by molar-refractivity contribution is 0.495. The van der Waals surface area contributed by atoms with Crippen LogP contribution in [0.1, 0.15) is 41.2 Å². The van der Waals surface area contributed by atoms with Gasteiger partial charge in [0.15, 0.2) is 0 Å². The largest absolute Gasteiger partial charge is 0.466 e. The van der Waals surface area contributed by atoms with Crippen molar-refractivity contribution in [1.82, 2.24) is 10.3 Å². The SMILES string of the molecule is CCNC(c1cnccc1C)c1cc(C)oc1C. The Hall–Kier alpha value is -1.61. The highest BCUT2D eigenvalue weighted by molar-refractivity contribution is 5.37. The minimum Gasteiger partial charge on any atom is -0.466 e. The Kier molecular flexibility index (Phi) is 3.82. The van der Waals surface area contributed by atoms with Crippen molar-refractivity contribution in [3.8, 4) is 0 Å². The molecule has 2 aromatic heterocycles. The molecule has 0 amide bonds. The predicted molar refractivity (Wildman–Crippen MR) is 72.7 cm³/mol. The van der Waals surface area contributed by atoms with Crippen molar-refractivity contribution in [2.75, 3.05) is 6.54 Å². The summed E-state index contributed by atoms with van der Waals surface area (Å²) in [4.78, 5) is 4.24. The first-order valence-electron chi connectivity index (χ1n) is 6.34. The number of aryl methyl sites for hydroxylation is 3. The summed E-state index contributed by atoms with van der Waals surface area (Å²) < 4.78 is 5.64. The van der Waals surface area contributed by atoms with Gasteiger partial charge in [-0.25, -0.2) is 0 Å².